The predicted molar refractivity (Wildman–Crippen MR) is 79.3 cm³/mol. The third-order valence-electron chi connectivity index (χ3n) is 4.77. The van der Waals surface area contributed by atoms with Crippen molar-refractivity contribution in [3.63, 3.8) is 0 Å². The lowest BCUT2D eigenvalue weighted by atomic mass is 9.55. The van der Waals surface area contributed by atoms with Gasteiger partial charge in [0.2, 0.25) is 0 Å². The molecule has 2 aliphatic carbocycles. The van der Waals surface area contributed by atoms with E-state index in [1.165, 1.54) is 32.1 Å². The zero-order chi connectivity index (χ0) is 13.7. The van der Waals surface area contributed by atoms with Crippen LogP contribution in [0.25, 0.3) is 0 Å². The molecule has 19 heavy (non-hydrogen) atoms. The molecule has 2 saturated carbocycles. The van der Waals surface area contributed by atoms with E-state index in [0.717, 1.165) is 26.0 Å². The number of guanidine groups is 1. The Bertz CT molecular complexity index is 311. The molecular formula is C15H29N3O. The second-order valence-electron chi connectivity index (χ2n) is 5.94. The van der Waals surface area contributed by atoms with Crippen LogP contribution in [0.5, 0.6) is 0 Å². The maximum atomic E-state index is 5.98. The summed E-state index contributed by atoms with van der Waals surface area (Å²) >= 11 is 0. The van der Waals surface area contributed by atoms with E-state index < -0.39 is 0 Å². The van der Waals surface area contributed by atoms with Crippen molar-refractivity contribution in [2.45, 2.75) is 70.9 Å². The second-order valence-corrected chi connectivity index (χ2v) is 5.94. The fourth-order valence-corrected chi connectivity index (χ4v) is 3.72. The maximum Gasteiger partial charge on any atom is 0.188 e. The molecule has 0 aromatic heterocycles. The smallest absolute Gasteiger partial charge is 0.188 e. The minimum atomic E-state index is 0.320. The maximum absolute atomic E-state index is 5.98. The molecule has 2 aliphatic rings. The number of hydrogen-bond acceptors (Lipinski definition) is 2. The van der Waals surface area contributed by atoms with Crippen LogP contribution in [-0.4, -0.2) is 31.3 Å². The van der Waals surface area contributed by atoms with Crippen molar-refractivity contribution in [1.29, 1.82) is 0 Å². The van der Waals surface area contributed by atoms with Crippen LogP contribution in [0.4, 0.5) is 0 Å². The van der Waals surface area contributed by atoms with Crippen molar-refractivity contribution in [3.8, 4) is 0 Å². The third kappa shape index (κ3) is 3.04. The van der Waals surface area contributed by atoms with Gasteiger partial charge in [0.15, 0.2) is 5.96 Å². The number of hydrogen-bond donors (Lipinski definition) is 2. The molecular weight excluding hydrogens is 238 g/mol. The topological polar surface area (TPSA) is 59.6 Å². The van der Waals surface area contributed by atoms with Gasteiger partial charge in [0.1, 0.15) is 0 Å². The molecule has 0 bridgehead atoms. The summed E-state index contributed by atoms with van der Waals surface area (Å²) in [5, 5.41) is 3.45. The van der Waals surface area contributed by atoms with E-state index in [2.05, 4.69) is 24.2 Å². The molecule has 4 nitrogen and oxygen atoms in total. The molecule has 0 heterocycles. The molecule has 0 aromatic carbocycles. The summed E-state index contributed by atoms with van der Waals surface area (Å²) in [6.45, 7) is 5.84. The van der Waals surface area contributed by atoms with Crippen LogP contribution < -0.4 is 11.1 Å². The summed E-state index contributed by atoms with van der Waals surface area (Å²) in [5.74, 6) is 0.617. The largest absolute Gasteiger partial charge is 0.378 e. The minimum Gasteiger partial charge on any atom is -0.378 e. The number of rotatable bonds is 5. The van der Waals surface area contributed by atoms with Crippen LogP contribution in [0.2, 0.25) is 0 Å². The van der Waals surface area contributed by atoms with Gasteiger partial charge >= 0.3 is 0 Å². The van der Waals surface area contributed by atoms with Crippen molar-refractivity contribution in [2.24, 2.45) is 16.1 Å². The summed E-state index contributed by atoms with van der Waals surface area (Å²) in [6, 6.07) is 0.463. The first kappa shape index (κ1) is 14.6. The quantitative estimate of drug-likeness (QED) is 0.594. The Morgan fingerprint density at radius 1 is 1.32 bits per heavy atom. The van der Waals surface area contributed by atoms with Gasteiger partial charge in [-0.15, -0.1) is 0 Å². The number of aliphatic imine (C=N–C) groups is 1. The molecule has 0 aliphatic heterocycles. The molecule has 3 N–H and O–H groups in total. The Morgan fingerprint density at radius 2 is 2.05 bits per heavy atom. The number of nitrogens with two attached hydrogens (primary N) is 1. The Morgan fingerprint density at radius 3 is 2.68 bits per heavy atom. The van der Waals surface area contributed by atoms with E-state index in [9.17, 15) is 0 Å². The van der Waals surface area contributed by atoms with Gasteiger partial charge in [-0.25, -0.2) is 0 Å². The van der Waals surface area contributed by atoms with E-state index in [0.29, 0.717) is 23.5 Å². The van der Waals surface area contributed by atoms with Gasteiger partial charge in [-0.3, -0.25) is 4.99 Å². The summed E-state index contributed by atoms with van der Waals surface area (Å²) in [6.07, 6.45) is 9.12. The molecule has 1 spiro atoms. The van der Waals surface area contributed by atoms with E-state index in [-0.39, 0.29) is 0 Å². The highest BCUT2D eigenvalue weighted by Gasteiger charge is 2.55. The zero-order valence-corrected chi connectivity index (χ0v) is 12.5. The molecule has 0 radical (unpaired) electrons. The summed E-state index contributed by atoms with van der Waals surface area (Å²) in [7, 11) is 0. The van der Waals surface area contributed by atoms with Crippen LogP contribution in [-0.2, 0) is 4.74 Å². The summed E-state index contributed by atoms with van der Waals surface area (Å²) < 4.78 is 5.94. The van der Waals surface area contributed by atoms with Crippen LogP contribution in [0.15, 0.2) is 4.99 Å². The molecule has 4 heteroatoms. The van der Waals surface area contributed by atoms with Gasteiger partial charge in [0, 0.05) is 24.6 Å². The Balaban J connectivity index is 1.97. The standard InChI is InChI=1S/C15H29N3O/c1-3-10-17-14(16)18-12-11-13(19-4-2)15(12)8-6-5-7-9-15/h12-13H,3-11H2,1-2H3,(H3,16,17,18). The highest BCUT2D eigenvalue weighted by Crippen LogP contribution is 2.53. The minimum absolute atomic E-state index is 0.320. The monoisotopic (exact) mass is 267 g/mol. The van der Waals surface area contributed by atoms with Crippen molar-refractivity contribution in [2.75, 3.05) is 13.2 Å². The Labute approximate surface area is 117 Å². The highest BCUT2D eigenvalue weighted by atomic mass is 16.5. The average Bonchev–Trinajstić information content (AvgIpc) is 2.45. The van der Waals surface area contributed by atoms with E-state index in [4.69, 9.17) is 10.5 Å². The van der Waals surface area contributed by atoms with E-state index in [1.54, 1.807) is 0 Å². The van der Waals surface area contributed by atoms with Gasteiger partial charge < -0.3 is 15.8 Å². The lowest BCUT2D eigenvalue weighted by molar-refractivity contribution is -0.145. The third-order valence-corrected chi connectivity index (χ3v) is 4.77. The zero-order valence-electron chi connectivity index (χ0n) is 12.5. The first-order valence-electron chi connectivity index (χ1n) is 7.91. The van der Waals surface area contributed by atoms with Gasteiger partial charge in [0.05, 0.1) is 6.10 Å². The van der Waals surface area contributed by atoms with Crippen LogP contribution >= 0.6 is 0 Å². The van der Waals surface area contributed by atoms with Gasteiger partial charge in [0.25, 0.3) is 0 Å². The van der Waals surface area contributed by atoms with Crippen LogP contribution in [0.3, 0.4) is 0 Å². The lowest BCUT2D eigenvalue weighted by Crippen LogP contribution is -2.66. The highest BCUT2D eigenvalue weighted by molar-refractivity contribution is 5.78. The Kier molecular flexibility index (Phi) is 5.08. The molecule has 0 aromatic rings. The SMILES string of the molecule is CCCN=C(N)NC1CC(OCC)C12CCCCC2. The normalized spacial score (nSPS) is 30.1. The molecule has 2 atom stereocenters. The Hall–Kier alpha value is -0.770. The van der Waals surface area contributed by atoms with Crippen LogP contribution in [0, 0.1) is 5.41 Å². The van der Waals surface area contributed by atoms with E-state index >= 15 is 0 Å². The van der Waals surface area contributed by atoms with Crippen molar-refractivity contribution >= 4 is 5.96 Å². The summed E-state index contributed by atoms with van der Waals surface area (Å²) in [4.78, 5) is 4.36. The predicted octanol–water partition coefficient (Wildman–Crippen LogP) is 2.43. The average molecular weight is 267 g/mol. The molecule has 0 saturated heterocycles. The van der Waals surface area contributed by atoms with Crippen molar-refractivity contribution in [3.05, 3.63) is 0 Å². The van der Waals surface area contributed by atoms with Gasteiger partial charge in [-0.2, -0.15) is 0 Å². The fourth-order valence-electron chi connectivity index (χ4n) is 3.72. The number of nitrogens with zero attached hydrogens (tertiary/aromatic N) is 1. The van der Waals surface area contributed by atoms with Gasteiger partial charge in [-0.1, -0.05) is 26.2 Å². The van der Waals surface area contributed by atoms with E-state index in [1.807, 2.05) is 0 Å². The van der Waals surface area contributed by atoms with Gasteiger partial charge in [-0.05, 0) is 32.6 Å². The first-order chi connectivity index (χ1) is 9.23. The molecule has 0 amide bonds. The lowest BCUT2D eigenvalue weighted by Gasteiger charge is -2.57. The molecule has 110 valence electrons. The van der Waals surface area contributed by atoms with Crippen molar-refractivity contribution < 1.29 is 4.74 Å². The second kappa shape index (κ2) is 6.60. The molecule has 2 fully saturated rings. The summed E-state index contributed by atoms with van der Waals surface area (Å²) in [5.41, 5.74) is 6.30. The molecule has 2 unspecified atom stereocenters. The van der Waals surface area contributed by atoms with Crippen molar-refractivity contribution in [1.82, 2.24) is 5.32 Å². The number of ether oxygens (including phenoxy) is 1. The first-order valence-corrected chi connectivity index (χ1v) is 7.91. The fraction of sp³-hybridized carbons (Fsp3) is 0.933. The number of nitrogens with one attached hydrogen (secondary N) is 1. The van der Waals surface area contributed by atoms with Crippen LogP contribution in [0.1, 0.15) is 58.8 Å². The molecule has 2 rings (SSSR count).